The van der Waals surface area contributed by atoms with Gasteiger partial charge in [0.2, 0.25) is 0 Å². The summed E-state index contributed by atoms with van der Waals surface area (Å²) >= 11 is 0. The summed E-state index contributed by atoms with van der Waals surface area (Å²) in [5.41, 5.74) is 4.33. The second-order valence-electron chi connectivity index (χ2n) is 8.53. The summed E-state index contributed by atoms with van der Waals surface area (Å²) < 4.78 is 0. The monoisotopic (exact) mass is 409 g/mol. The van der Waals surface area contributed by atoms with Crippen molar-refractivity contribution < 1.29 is 0 Å². The van der Waals surface area contributed by atoms with Crippen molar-refractivity contribution >= 4 is 0 Å². The van der Waals surface area contributed by atoms with Crippen molar-refractivity contribution in [1.82, 2.24) is 16.0 Å². The van der Waals surface area contributed by atoms with E-state index in [0.29, 0.717) is 12.5 Å². The second-order valence-corrected chi connectivity index (χ2v) is 8.53. The molecule has 0 radical (unpaired) electrons. The number of rotatable bonds is 17. The topological polar surface area (TPSA) is 36.1 Å². The minimum atomic E-state index is 0.149. The number of unbranched alkanes of at least 4 members (excludes halogenated alkanes) is 1. The Morgan fingerprint density at radius 1 is 1.03 bits per heavy atom. The van der Waals surface area contributed by atoms with Crippen molar-refractivity contribution in [3.8, 4) is 0 Å². The van der Waals surface area contributed by atoms with E-state index in [0.717, 1.165) is 42.8 Å². The smallest absolute Gasteiger partial charge is 0.0653 e. The van der Waals surface area contributed by atoms with Crippen LogP contribution in [0.1, 0.15) is 58.4 Å². The Kier molecular flexibility index (Phi) is 12.4. The van der Waals surface area contributed by atoms with E-state index in [-0.39, 0.29) is 12.1 Å². The Morgan fingerprint density at radius 2 is 1.73 bits per heavy atom. The van der Waals surface area contributed by atoms with Gasteiger partial charge in [-0.3, -0.25) is 0 Å². The lowest BCUT2D eigenvalue weighted by Gasteiger charge is -2.27. The molecular formula is C27H43N3. The molecule has 1 aromatic carbocycles. The molecule has 0 amide bonds. The van der Waals surface area contributed by atoms with Crippen LogP contribution in [0.25, 0.3) is 0 Å². The van der Waals surface area contributed by atoms with Gasteiger partial charge in [0.25, 0.3) is 0 Å². The Bertz CT molecular complexity index is 660. The third kappa shape index (κ3) is 10.9. The quantitative estimate of drug-likeness (QED) is 0.273. The molecule has 3 heteroatoms. The van der Waals surface area contributed by atoms with Gasteiger partial charge in [0.1, 0.15) is 0 Å². The van der Waals surface area contributed by atoms with Crippen LogP contribution in [0.15, 0.2) is 79.8 Å². The summed E-state index contributed by atoms with van der Waals surface area (Å²) in [5.74, 6) is 0.559. The zero-order valence-corrected chi connectivity index (χ0v) is 19.5. The largest absolute Gasteiger partial charge is 0.382 e. The molecule has 1 aromatic rings. The number of nitrogens with one attached hydrogen (secondary N) is 3. The molecule has 0 aromatic heterocycles. The molecular weight excluding hydrogens is 366 g/mol. The van der Waals surface area contributed by atoms with Crippen LogP contribution in [-0.2, 0) is 6.42 Å². The molecule has 0 fully saturated rings. The van der Waals surface area contributed by atoms with Crippen LogP contribution in [0.2, 0.25) is 0 Å². The van der Waals surface area contributed by atoms with Crippen molar-refractivity contribution in [2.24, 2.45) is 5.92 Å². The SMILES string of the molecule is C=CC(CCCC)NC(=C)CNC(=C)C(CC(C)C)NC(=C)CCc1ccccc1. The third-order valence-corrected chi connectivity index (χ3v) is 5.14. The van der Waals surface area contributed by atoms with Gasteiger partial charge in [-0.1, -0.05) is 89.8 Å². The van der Waals surface area contributed by atoms with Crippen LogP contribution in [0.5, 0.6) is 0 Å². The van der Waals surface area contributed by atoms with Crippen LogP contribution >= 0.6 is 0 Å². The van der Waals surface area contributed by atoms with E-state index in [2.05, 4.69) is 93.4 Å². The molecule has 0 aliphatic rings. The van der Waals surface area contributed by atoms with Gasteiger partial charge >= 0.3 is 0 Å². The average molecular weight is 410 g/mol. The Hall–Kier alpha value is -2.42. The van der Waals surface area contributed by atoms with E-state index in [1.54, 1.807) is 0 Å². The van der Waals surface area contributed by atoms with Crippen LogP contribution < -0.4 is 16.0 Å². The number of hydrogen-bond acceptors (Lipinski definition) is 3. The van der Waals surface area contributed by atoms with Gasteiger partial charge < -0.3 is 16.0 Å². The molecule has 0 saturated carbocycles. The number of benzene rings is 1. The van der Waals surface area contributed by atoms with E-state index in [1.165, 1.54) is 18.4 Å². The maximum Gasteiger partial charge on any atom is 0.0653 e. The number of allylic oxidation sites excluding steroid dienone is 1. The van der Waals surface area contributed by atoms with E-state index < -0.39 is 0 Å². The van der Waals surface area contributed by atoms with Crippen molar-refractivity contribution in [1.29, 1.82) is 0 Å². The first-order valence-corrected chi connectivity index (χ1v) is 11.3. The molecule has 166 valence electrons. The Labute approximate surface area is 185 Å². The van der Waals surface area contributed by atoms with E-state index >= 15 is 0 Å². The lowest BCUT2D eigenvalue weighted by Crippen LogP contribution is -2.39. The van der Waals surface area contributed by atoms with Gasteiger partial charge in [0.05, 0.1) is 12.6 Å². The van der Waals surface area contributed by atoms with Gasteiger partial charge in [-0.25, -0.2) is 0 Å². The van der Waals surface area contributed by atoms with Crippen LogP contribution in [0.3, 0.4) is 0 Å². The fourth-order valence-corrected chi connectivity index (χ4v) is 3.35. The van der Waals surface area contributed by atoms with Crippen LogP contribution in [0, 0.1) is 5.92 Å². The third-order valence-electron chi connectivity index (χ3n) is 5.14. The van der Waals surface area contributed by atoms with Gasteiger partial charge in [-0.05, 0) is 37.2 Å². The zero-order valence-electron chi connectivity index (χ0n) is 19.5. The molecule has 0 bridgehead atoms. The number of hydrogen-bond donors (Lipinski definition) is 3. The summed E-state index contributed by atoms with van der Waals surface area (Å²) in [7, 11) is 0. The standard InChI is InChI=1S/C27H43N3/c1-8-10-16-26(9-2)29-23(6)20-28-24(7)27(19-21(3)4)30-22(5)17-18-25-14-12-11-13-15-25/h9,11-15,21,26-30H,2,5-8,10,16-20H2,1,3-4H3. The molecule has 30 heavy (non-hydrogen) atoms. The molecule has 1 rings (SSSR count). The molecule has 0 heterocycles. The maximum atomic E-state index is 4.30. The van der Waals surface area contributed by atoms with Gasteiger partial charge in [-0.15, -0.1) is 6.58 Å². The summed E-state index contributed by atoms with van der Waals surface area (Å²) in [6.07, 6.45) is 8.32. The van der Waals surface area contributed by atoms with Crippen molar-refractivity contribution in [2.45, 2.75) is 71.4 Å². The highest BCUT2D eigenvalue weighted by Gasteiger charge is 2.15. The first-order chi connectivity index (χ1) is 14.3. The van der Waals surface area contributed by atoms with E-state index in [9.17, 15) is 0 Å². The Morgan fingerprint density at radius 3 is 2.33 bits per heavy atom. The highest BCUT2D eigenvalue weighted by atomic mass is 15.0. The van der Waals surface area contributed by atoms with Gasteiger partial charge in [0, 0.05) is 23.1 Å². The molecule has 3 nitrogen and oxygen atoms in total. The number of aryl methyl sites for hydroxylation is 1. The molecule has 2 unspecified atom stereocenters. The normalized spacial score (nSPS) is 12.7. The first-order valence-electron chi connectivity index (χ1n) is 11.3. The zero-order chi connectivity index (χ0) is 22.4. The average Bonchev–Trinajstić information content (AvgIpc) is 2.73. The van der Waals surface area contributed by atoms with Crippen molar-refractivity contribution in [3.05, 3.63) is 85.4 Å². The minimum absolute atomic E-state index is 0.149. The molecule has 2 atom stereocenters. The van der Waals surface area contributed by atoms with Gasteiger partial charge in [-0.2, -0.15) is 0 Å². The highest BCUT2D eigenvalue weighted by molar-refractivity contribution is 5.17. The molecule has 0 spiro atoms. The minimum Gasteiger partial charge on any atom is -0.382 e. The molecule has 3 N–H and O–H groups in total. The highest BCUT2D eigenvalue weighted by Crippen LogP contribution is 2.14. The predicted octanol–water partition coefficient (Wildman–Crippen LogP) is 6.09. The van der Waals surface area contributed by atoms with E-state index in [4.69, 9.17) is 0 Å². The Balaban J connectivity index is 2.51. The van der Waals surface area contributed by atoms with Crippen LogP contribution in [0.4, 0.5) is 0 Å². The van der Waals surface area contributed by atoms with Gasteiger partial charge in [0.15, 0.2) is 0 Å². The van der Waals surface area contributed by atoms with E-state index in [1.807, 2.05) is 6.08 Å². The summed E-state index contributed by atoms with van der Waals surface area (Å²) in [5, 5.41) is 10.5. The first kappa shape index (κ1) is 25.6. The summed E-state index contributed by atoms with van der Waals surface area (Å²) in [4.78, 5) is 0. The lowest BCUT2D eigenvalue weighted by atomic mass is 10.0. The predicted molar refractivity (Wildman–Crippen MR) is 133 cm³/mol. The second kappa shape index (κ2) is 14.5. The molecule has 0 aliphatic heterocycles. The lowest BCUT2D eigenvalue weighted by molar-refractivity contribution is 0.464. The summed E-state index contributed by atoms with van der Waals surface area (Å²) in [6, 6.07) is 11.0. The fraction of sp³-hybridized carbons (Fsp3) is 0.481. The van der Waals surface area contributed by atoms with Crippen molar-refractivity contribution in [3.63, 3.8) is 0 Å². The molecule has 0 aliphatic carbocycles. The summed E-state index contributed by atoms with van der Waals surface area (Å²) in [6.45, 7) is 24.0. The molecule has 0 saturated heterocycles. The maximum absolute atomic E-state index is 4.30. The van der Waals surface area contributed by atoms with Crippen LogP contribution in [-0.4, -0.2) is 18.6 Å². The van der Waals surface area contributed by atoms with Crippen molar-refractivity contribution in [2.75, 3.05) is 6.54 Å². The fourth-order valence-electron chi connectivity index (χ4n) is 3.35.